The molecule has 1 heterocycles. The molecule has 17 heavy (non-hydrogen) atoms. The third-order valence-electron chi connectivity index (χ3n) is 1.99. The molecule has 1 aromatic rings. The summed E-state index contributed by atoms with van der Waals surface area (Å²) >= 11 is 0. The van der Waals surface area contributed by atoms with Gasteiger partial charge in [0.2, 0.25) is 0 Å². The summed E-state index contributed by atoms with van der Waals surface area (Å²) in [6.45, 7) is 2.08. The van der Waals surface area contributed by atoms with Crippen LogP contribution in [0.5, 0.6) is 0 Å². The highest BCUT2D eigenvalue weighted by Gasteiger charge is 2.20. The number of carbonyl (C=O) groups is 2. The first kappa shape index (κ1) is 13.1. The molecule has 92 valence electrons. The van der Waals surface area contributed by atoms with Gasteiger partial charge in [0.1, 0.15) is 5.69 Å². The Bertz CT molecular complexity index is 380. The summed E-state index contributed by atoms with van der Waals surface area (Å²) < 4.78 is 4.98. The van der Waals surface area contributed by atoms with Crippen molar-refractivity contribution in [2.75, 3.05) is 13.2 Å². The van der Waals surface area contributed by atoms with Crippen molar-refractivity contribution in [1.29, 1.82) is 0 Å². The highest BCUT2D eigenvalue weighted by molar-refractivity contribution is 5.94. The van der Waals surface area contributed by atoms with E-state index in [1.54, 1.807) is 19.1 Å². The van der Waals surface area contributed by atoms with Crippen LogP contribution in [-0.4, -0.2) is 41.2 Å². The van der Waals surface area contributed by atoms with E-state index in [1.165, 1.54) is 12.3 Å². The van der Waals surface area contributed by atoms with Gasteiger partial charge in [0.05, 0.1) is 6.61 Å². The predicted molar refractivity (Wildman–Crippen MR) is 59.6 cm³/mol. The van der Waals surface area contributed by atoms with Crippen LogP contribution in [0.15, 0.2) is 24.4 Å². The fourth-order valence-electron chi connectivity index (χ4n) is 1.14. The van der Waals surface area contributed by atoms with E-state index in [9.17, 15) is 9.59 Å². The lowest BCUT2D eigenvalue weighted by molar-refractivity contribution is -0.140. The minimum atomic E-state index is -1.14. The SMILES string of the molecule is CCOCC(NC(=O)c1ccccn1)C(=O)O. The molecule has 0 bridgehead atoms. The van der Waals surface area contributed by atoms with E-state index < -0.39 is 17.9 Å². The number of nitrogens with zero attached hydrogens (tertiary/aromatic N) is 1. The Balaban J connectivity index is 2.61. The van der Waals surface area contributed by atoms with Gasteiger partial charge in [-0.05, 0) is 19.1 Å². The zero-order valence-electron chi connectivity index (χ0n) is 9.42. The first-order valence-corrected chi connectivity index (χ1v) is 5.17. The maximum atomic E-state index is 11.6. The summed E-state index contributed by atoms with van der Waals surface area (Å²) in [5, 5.41) is 11.2. The lowest BCUT2D eigenvalue weighted by Gasteiger charge is -2.13. The smallest absolute Gasteiger partial charge is 0.328 e. The fraction of sp³-hybridized carbons (Fsp3) is 0.364. The summed E-state index contributed by atoms with van der Waals surface area (Å²) in [7, 11) is 0. The predicted octanol–water partition coefficient (Wildman–Crippen LogP) is 0.301. The van der Waals surface area contributed by atoms with Crippen LogP contribution in [0.3, 0.4) is 0 Å². The normalized spacial score (nSPS) is 11.8. The number of nitrogens with one attached hydrogen (secondary N) is 1. The number of amides is 1. The van der Waals surface area contributed by atoms with Crippen LogP contribution >= 0.6 is 0 Å². The number of pyridine rings is 1. The van der Waals surface area contributed by atoms with Crippen LogP contribution in [0.4, 0.5) is 0 Å². The Morgan fingerprint density at radius 3 is 2.82 bits per heavy atom. The minimum absolute atomic E-state index is 0.0651. The number of aliphatic carboxylic acids is 1. The first-order valence-electron chi connectivity index (χ1n) is 5.17. The van der Waals surface area contributed by atoms with Crippen molar-refractivity contribution in [2.24, 2.45) is 0 Å². The van der Waals surface area contributed by atoms with Crippen LogP contribution in [0.25, 0.3) is 0 Å². The number of carboxylic acid groups (broad SMARTS) is 1. The van der Waals surface area contributed by atoms with Gasteiger partial charge < -0.3 is 15.2 Å². The molecule has 0 aliphatic heterocycles. The molecule has 6 nitrogen and oxygen atoms in total. The second-order valence-corrected chi connectivity index (χ2v) is 3.24. The summed E-state index contributed by atoms with van der Waals surface area (Å²) in [5.74, 6) is -1.67. The van der Waals surface area contributed by atoms with Crippen molar-refractivity contribution in [1.82, 2.24) is 10.3 Å². The van der Waals surface area contributed by atoms with Gasteiger partial charge in [-0.1, -0.05) is 6.07 Å². The Morgan fingerprint density at radius 1 is 1.53 bits per heavy atom. The Labute approximate surface area is 98.6 Å². The second-order valence-electron chi connectivity index (χ2n) is 3.24. The molecule has 1 aromatic heterocycles. The van der Waals surface area contributed by atoms with E-state index in [-0.39, 0.29) is 12.3 Å². The molecule has 1 amide bonds. The van der Waals surface area contributed by atoms with E-state index in [4.69, 9.17) is 9.84 Å². The molecule has 0 saturated heterocycles. The van der Waals surface area contributed by atoms with Crippen LogP contribution in [0, 0.1) is 0 Å². The molecule has 0 radical (unpaired) electrons. The van der Waals surface area contributed by atoms with E-state index in [1.807, 2.05) is 0 Å². The molecule has 0 fully saturated rings. The number of rotatable bonds is 6. The Kier molecular flexibility index (Phi) is 5.09. The van der Waals surface area contributed by atoms with Gasteiger partial charge in [-0.3, -0.25) is 9.78 Å². The minimum Gasteiger partial charge on any atom is -0.480 e. The summed E-state index contributed by atoms with van der Waals surface area (Å²) in [4.78, 5) is 26.3. The topological polar surface area (TPSA) is 88.5 Å². The fourth-order valence-corrected chi connectivity index (χ4v) is 1.14. The molecule has 0 aromatic carbocycles. The summed E-state index contributed by atoms with van der Waals surface area (Å²) in [5.41, 5.74) is 0.176. The number of carbonyl (C=O) groups excluding carboxylic acids is 1. The van der Waals surface area contributed by atoms with Crippen molar-refractivity contribution >= 4 is 11.9 Å². The highest BCUT2D eigenvalue weighted by atomic mass is 16.5. The monoisotopic (exact) mass is 238 g/mol. The van der Waals surface area contributed by atoms with Crippen molar-refractivity contribution in [3.8, 4) is 0 Å². The average molecular weight is 238 g/mol. The average Bonchev–Trinajstić information content (AvgIpc) is 2.35. The lowest BCUT2D eigenvalue weighted by atomic mass is 10.2. The third-order valence-corrected chi connectivity index (χ3v) is 1.99. The van der Waals surface area contributed by atoms with Crippen LogP contribution in [-0.2, 0) is 9.53 Å². The summed E-state index contributed by atoms with van der Waals surface area (Å²) in [6, 6.07) is 3.77. The van der Waals surface area contributed by atoms with Gasteiger partial charge in [-0.15, -0.1) is 0 Å². The van der Waals surface area contributed by atoms with Gasteiger partial charge >= 0.3 is 5.97 Å². The molecule has 6 heteroatoms. The maximum Gasteiger partial charge on any atom is 0.328 e. The largest absolute Gasteiger partial charge is 0.480 e. The van der Waals surface area contributed by atoms with Gasteiger partial charge in [-0.25, -0.2) is 4.79 Å². The van der Waals surface area contributed by atoms with Crippen LogP contribution in [0.2, 0.25) is 0 Å². The molecule has 0 saturated carbocycles. The number of hydrogen-bond acceptors (Lipinski definition) is 4. The highest BCUT2D eigenvalue weighted by Crippen LogP contribution is 1.95. The quantitative estimate of drug-likeness (QED) is 0.744. The molecule has 1 unspecified atom stereocenters. The molecule has 1 atom stereocenters. The second kappa shape index (κ2) is 6.59. The molecule has 0 aliphatic rings. The standard InChI is InChI=1S/C11H14N2O4/c1-2-17-7-9(11(15)16)13-10(14)8-5-3-4-6-12-8/h3-6,9H,2,7H2,1H3,(H,13,14)(H,15,16). The van der Waals surface area contributed by atoms with Gasteiger partial charge in [-0.2, -0.15) is 0 Å². The first-order chi connectivity index (χ1) is 8.15. The van der Waals surface area contributed by atoms with Crippen molar-refractivity contribution in [3.05, 3.63) is 30.1 Å². The molecule has 2 N–H and O–H groups in total. The van der Waals surface area contributed by atoms with Crippen LogP contribution < -0.4 is 5.32 Å². The number of aromatic nitrogens is 1. The van der Waals surface area contributed by atoms with Crippen molar-refractivity contribution in [3.63, 3.8) is 0 Å². The molecular weight excluding hydrogens is 224 g/mol. The number of ether oxygens (including phenoxy) is 1. The van der Waals surface area contributed by atoms with E-state index >= 15 is 0 Å². The third kappa shape index (κ3) is 4.20. The van der Waals surface area contributed by atoms with Crippen LogP contribution in [0.1, 0.15) is 17.4 Å². The van der Waals surface area contributed by atoms with E-state index in [2.05, 4.69) is 10.3 Å². The Morgan fingerprint density at radius 2 is 2.29 bits per heavy atom. The molecule has 1 rings (SSSR count). The molecule has 0 aliphatic carbocycles. The summed E-state index contributed by atoms with van der Waals surface area (Å²) in [6.07, 6.45) is 1.47. The number of hydrogen-bond donors (Lipinski definition) is 2. The van der Waals surface area contributed by atoms with Gasteiger partial charge in [0.25, 0.3) is 5.91 Å². The van der Waals surface area contributed by atoms with Gasteiger partial charge in [0.15, 0.2) is 6.04 Å². The zero-order valence-corrected chi connectivity index (χ0v) is 9.42. The molecular formula is C11H14N2O4. The zero-order chi connectivity index (χ0) is 12.7. The Hall–Kier alpha value is -1.95. The van der Waals surface area contributed by atoms with E-state index in [0.717, 1.165) is 0 Å². The molecule has 0 spiro atoms. The maximum absolute atomic E-state index is 11.6. The van der Waals surface area contributed by atoms with Crippen molar-refractivity contribution in [2.45, 2.75) is 13.0 Å². The lowest BCUT2D eigenvalue weighted by Crippen LogP contribution is -2.44. The van der Waals surface area contributed by atoms with E-state index in [0.29, 0.717) is 6.61 Å². The number of carboxylic acids is 1. The van der Waals surface area contributed by atoms with Crippen molar-refractivity contribution < 1.29 is 19.4 Å². The van der Waals surface area contributed by atoms with Gasteiger partial charge in [0, 0.05) is 12.8 Å².